The number of thiophene rings is 1. The number of amides is 2. The van der Waals surface area contributed by atoms with Crippen LogP contribution in [0.1, 0.15) is 21.6 Å². The zero-order valence-electron chi connectivity index (χ0n) is 17.1. The van der Waals surface area contributed by atoms with Gasteiger partial charge in [-0.1, -0.05) is 30.3 Å². The van der Waals surface area contributed by atoms with Crippen LogP contribution < -0.4 is 5.32 Å². The van der Waals surface area contributed by atoms with E-state index in [2.05, 4.69) is 11.4 Å². The van der Waals surface area contributed by atoms with E-state index in [4.69, 9.17) is 4.74 Å². The van der Waals surface area contributed by atoms with Gasteiger partial charge in [0, 0.05) is 24.0 Å². The van der Waals surface area contributed by atoms with Gasteiger partial charge in [0.1, 0.15) is 17.7 Å². The van der Waals surface area contributed by atoms with Gasteiger partial charge in [0.05, 0.1) is 12.1 Å². The van der Waals surface area contributed by atoms with Crippen molar-refractivity contribution >= 4 is 34.4 Å². The minimum absolute atomic E-state index is 0.297. The Labute approximate surface area is 180 Å². The van der Waals surface area contributed by atoms with Crippen molar-refractivity contribution in [1.29, 1.82) is 5.26 Å². The molecule has 0 fully saturated rings. The summed E-state index contributed by atoms with van der Waals surface area (Å²) in [5, 5.41) is 12.9. The smallest absolute Gasteiger partial charge is 0.410 e. The molecule has 8 heteroatoms. The Morgan fingerprint density at radius 2 is 2.10 bits per heavy atom. The molecule has 7 nitrogen and oxygen atoms in total. The highest BCUT2D eigenvalue weighted by atomic mass is 32.1. The van der Waals surface area contributed by atoms with Gasteiger partial charge >= 0.3 is 6.09 Å². The normalized spacial score (nSPS) is 13.2. The molecule has 0 bridgehead atoms. The number of anilines is 1. The van der Waals surface area contributed by atoms with Gasteiger partial charge in [0.2, 0.25) is 5.91 Å². The van der Waals surface area contributed by atoms with Crippen molar-refractivity contribution in [2.75, 3.05) is 39.1 Å². The van der Waals surface area contributed by atoms with Gasteiger partial charge in [-0.05, 0) is 37.7 Å². The van der Waals surface area contributed by atoms with Crippen LogP contribution in [0.5, 0.6) is 0 Å². The predicted octanol–water partition coefficient (Wildman–Crippen LogP) is 3.33. The summed E-state index contributed by atoms with van der Waals surface area (Å²) in [4.78, 5) is 29.1. The maximum Gasteiger partial charge on any atom is 0.410 e. The number of nitrogens with one attached hydrogen (secondary N) is 1. The SMILES string of the molecule is CN(C)CCOC(=O)N1CCc2c(sc(NC(=O)/C=C/c3ccccc3)c2C#N)C1. The Morgan fingerprint density at radius 1 is 1.33 bits per heavy atom. The van der Waals surface area contributed by atoms with E-state index in [0.717, 1.165) is 16.0 Å². The Morgan fingerprint density at radius 3 is 2.80 bits per heavy atom. The number of hydrogen-bond donors (Lipinski definition) is 1. The molecule has 2 amide bonds. The molecular weight excluding hydrogens is 400 g/mol. The van der Waals surface area contributed by atoms with Gasteiger partial charge in [-0.25, -0.2) is 4.79 Å². The lowest BCUT2D eigenvalue weighted by Crippen LogP contribution is -2.36. The summed E-state index contributed by atoms with van der Waals surface area (Å²) in [7, 11) is 3.84. The zero-order valence-corrected chi connectivity index (χ0v) is 17.9. The fourth-order valence-electron chi connectivity index (χ4n) is 3.06. The first kappa shape index (κ1) is 21.6. The van der Waals surface area contributed by atoms with Crippen LogP contribution in [0.25, 0.3) is 6.08 Å². The lowest BCUT2D eigenvalue weighted by Gasteiger charge is -2.26. The highest BCUT2D eigenvalue weighted by Gasteiger charge is 2.28. The molecule has 156 valence electrons. The van der Waals surface area contributed by atoms with Crippen LogP contribution in [0.15, 0.2) is 36.4 Å². The molecular formula is C22H24N4O3S. The second kappa shape index (κ2) is 10.1. The van der Waals surface area contributed by atoms with Crippen molar-refractivity contribution in [3.05, 3.63) is 58.0 Å². The highest BCUT2D eigenvalue weighted by Crippen LogP contribution is 2.36. The number of carbonyl (C=O) groups is 2. The molecule has 2 heterocycles. The van der Waals surface area contributed by atoms with E-state index in [1.807, 2.05) is 49.3 Å². The standard InChI is InChI=1S/C22H24N4O3S/c1-25(2)12-13-29-22(28)26-11-10-17-18(14-23)21(30-19(17)15-26)24-20(27)9-8-16-6-4-3-5-7-16/h3-9H,10-13,15H2,1-2H3,(H,24,27)/b9-8+. The summed E-state index contributed by atoms with van der Waals surface area (Å²) < 4.78 is 5.32. The fourth-order valence-corrected chi connectivity index (χ4v) is 4.28. The Kier molecular flexibility index (Phi) is 7.22. The molecule has 0 aliphatic carbocycles. The van der Waals surface area contributed by atoms with E-state index in [-0.39, 0.29) is 12.0 Å². The first-order valence-electron chi connectivity index (χ1n) is 9.63. The molecule has 30 heavy (non-hydrogen) atoms. The average Bonchev–Trinajstić information content (AvgIpc) is 3.08. The second-order valence-corrected chi connectivity index (χ2v) is 8.25. The Balaban J connectivity index is 1.66. The number of likely N-dealkylation sites (N-methyl/N-ethyl adjacent to an activating group) is 1. The largest absolute Gasteiger partial charge is 0.448 e. The van der Waals surface area contributed by atoms with Crippen molar-refractivity contribution < 1.29 is 14.3 Å². The molecule has 1 aromatic heterocycles. The third-order valence-corrected chi connectivity index (χ3v) is 5.79. The van der Waals surface area contributed by atoms with Gasteiger partial charge in [-0.2, -0.15) is 5.26 Å². The van der Waals surface area contributed by atoms with Crippen LogP contribution in [0, 0.1) is 11.3 Å². The summed E-state index contributed by atoms with van der Waals surface area (Å²) in [5.41, 5.74) is 2.31. The van der Waals surface area contributed by atoms with E-state index in [1.165, 1.54) is 17.4 Å². The topological polar surface area (TPSA) is 85.7 Å². The second-order valence-electron chi connectivity index (χ2n) is 7.14. The number of nitrogens with zero attached hydrogens (tertiary/aromatic N) is 3. The number of benzene rings is 1. The number of carbonyl (C=O) groups excluding carboxylic acids is 2. The van der Waals surface area contributed by atoms with Gasteiger partial charge in [0.15, 0.2) is 0 Å². The van der Waals surface area contributed by atoms with Crippen LogP contribution in [0.3, 0.4) is 0 Å². The van der Waals surface area contributed by atoms with E-state index in [0.29, 0.717) is 43.2 Å². The minimum Gasteiger partial charge on any atom is -0.448 e. The number of nitriles is 1. The molecule has 0 radical (unpaired) electrons. The average molecular weight is 425 g/mol. The van der Waals surface area contributed by atoms with Gasteiger partial charge in [-0.3, -0.25) is 4.79 Å². The quantitative estimate of drug-likeness (QED) is 0.719. The molecule has 0 saturated carbocycles. The monoisotopic (exact) mass is 424 g/mol. The van der Waals surface area contributed by atoms with Crippen LogP contribution in [0.4, 0.5) is 9.80 Å². The van der Waals surface area contributed by atoms with Crippen LogP contribution in [-0.4, -0.2) is 55.6 Å². The molecule has 1 N–H and O–H groups in total. The van der Waals surface area contributed by atoms with Crippen molar-refractivity contribution in [3.8, 4) is 6.07 Å². The van der Waals surface area contributed by atoms with Gasteiger partial charge in [0.25, 0.3) is 0 Å². The van der Waals surface area contributed by atoms with E-state index < -0.39 is 0 Å². The van der Waals surface area contributed by atoms with Crippen LogP contribution in [-0.2, 0) is 22.5 Å². The van der Waals surface area contributed by atoms with Crippen molar-refractivity contribution in [1.82, 2.24) is 9.80 Å². The molecule has 0 spiro atoms. The molecule has 1 aromatic carbocycles. The summed E-state index contributed by atoms with van der Waals surface area (Å²) in [6.07, 6.45) is 3.38. The maximum atomic E-state index is 12.3. The molecule has 0 unspecified atom stereocenters. The van der Waals surface area contributed by atoms with Crippen LogP contribution in [0.2, 0.25) is 0 Å². The third kappa shape index (κ3) is 5.47. The Bertz CT molecular complexity index is 976. The van der Waals surface area contributed by atoms with Gasteiger partial charge < -0.3 is 19.9 Å². The lowest BCUT2D eigenvalue weighted by molar-refractivity contribution is -0.111. The molecule has 0 saturated heterocycles. The van der Waals surface area contributed by atoms with E-state index in [1.54, 1.807) is 11.0 Å². The number of ether oxygens (including phenoxy) is 1. The van der Waals surface area contributed by atoms with E-state index >= 15 is 0 Å². The van der Waals surface area contributed by atoms with Gasteiger partial charge in [-0.15, -0.1) is 11.3 Å². The third-order valence-electron chi connectivity index (χ3n) is 4.65. The molecule has 3 rings (SSSR count). The van der Waals surface area contributed by atoms with E-state index in [9.17, 15) is 14.9 Å². The van der Waals surface area contributed by atoms with Crippen molar-refractivity contribution in [2.45, 2.75) is 13.0 Å². The summed E-state index contributed by atoms with van der Waals surface area (Å²) in [6.45, 7) is 1.86. The molecule has 0 atom stereocenters. The summed E-state index contributed by atoms with van der Waals surface area (Å²) >= 11 is 1.34. The first-order valence-corrected chi connectivity index (χ1v) is 10.4. The first-order chi connectivity index (χ1) is 14.5. The summed E-state index contributed by atoms with van der Waals surface area (Å²) in [6, 6.07) is 11.7. The summed E-state index contributed by atoms with van der Waals surface area (Å²) in [5.74, 6) is -0.297. The number of hydrogen-bond acceptors (Lipinski definition) is 6. The zero-order chi connectivity index (χ0) is 21.5. The molecule has 1 aliphatic rings. The molecule has 1 aliphatic heterocycles. The van der Waals surface area contributed by atoms with Crippen molar-refractivity contribution in [2.24, 2.45) is 0 Å². The number of rotatable bonds is 6. The van der Waals surface area contributed by atoms with Crippen LogP contribution >= 0.6 is 11.3 Å². The minimum atomic E-state index is -0.356. The fraction of sp³-hybridized carbons (Fsp3) is 0.318. The Hall–Kier alpha value is -3.15. The van der Waals surface area contributed by atoms with Crippen molar-refractivity contribution in [3.63, 3.8) is 0 Å². The molecule has 2 aromatic rings. The predicted molar refractivity (Wildman–Crippen MR) is 117 cm³/mol. The number of fused-ring (bicyclic) bond motifs is 1. The maximum absolute atomic E-state index is 12.3. The lowest BCUT2D eigenvalue weighted by atomic mass is 10.0. The highest BCUT2D eigenvalue weighted by molar-refractivity contribution is 7.16.